The van der Waals surface area contributed by atoms with Crippen molar-refractivity contribution in [1.82, 2.24) is 0 Å². The predicted molar refractivity (Wildman–Crippen MR) is 113 cm³/mol. The number of rotatable bonds is 12. The molecule has 3 nitrogen and oxygen atoms in total. The van der Waals surface area contributed by atoms with Crippen molar-refractivity contribution >= 4 is 11.6 Å². The summed E-state index contributed by atoms with van der Waals surface area (Å²) in [5.74, 6) is 1.05. The van der Waals surface area contributed by atoms with Crippen LogP contribution in [0.2, 0.25) is 0 Å². The molecule has 0 aromatic heterocycles. The second-order valence-corrected chi connectivity index (χ2v) is 8.99. The van der Waals surface area contributed by atoms with Gasteiger partial charge in [-0.05, 0) is 42.9 Å². The molecule has 0 amide bonds. The number of unbranched alkanes of at least 4 members (excludes halogenated alkanes) is 4. The fraction of sp³-hybridized carbons (Fsp3) is 0.727. The Morgan fingerprint density at radius 1 is 1.08 bits per heavy atom. The van der Waals surface area contributed by atoms with E-state index in [0.717, 1.165) is 30.6 Å². The van der Waals surface area contributed by atoms with Crippen LogP contribution >= 0.6 is 11.6 Å². The van der Waals surface area contributed by atoms with Gasteiger partial charge in [-0.2, -0.15) is 0 Å². The van der Waals surface area contributed by atoms with Gasteiger partial charge in [0.15, 0.2) is 0 Å². The average Bonchev–Trinajstić information content (AvgIpc) is 2.58. The number of benzene rings is 1. The molecule has 0 aliphatic rings. The lowest BCUT2D eigenvalue weighted by Gasteiger charge is -2.21. The number of phenolic OH excluding ortho intramolecular Hbond substituents is 1. The van der Waals surface area contributed by atoms with E-state index in [9.17, 15) is 5.11 Å². The molecule has 0 aliphatic carbocycles. The van der Waals surface area contributed by atoms with Crippen LogP contribution in [0, 0.1) is 0 Å². The van der Waals surface area contributed by atoms with Gasteiger partial charge in [-0.3, -0.25) is 0 Å². The molecular formula is C22H38ClNO2. The van der Waals surface area contributed by atoms with Gasteiger partial charge in [0, 0.05) is 11.6 Å². The van der Waals surface area contributed by atoms with Gasteiger partial charge >= 0.3 is 0 Å². The first-order valence-electron chi connectivity index (χ1n) is 10.1. The minimum atomic E-state index is -0.131. The molecule has 0 heterocycles. The van der Waals surface area contributed by atoms with Gasteiger partial charge in [-0.25, -0.2) is 0 Å². The number of hydrogen-bond acceptors (Lipinski definition) is 3. The van der Waals surface area contributed by atoms with Crippen molar-refractivity contribution in [1.29, 1.82) is 0 Å². The molecule has 2 atom stereocenters. The summed E-state index contributed by atoms with van der Waals surface area (Å²) in [5.41, 5.74) is 6.95. The summed E-state index contributed by atoms with van der Waals surface area (Å²) in [6.45, 7) is 8.90. The standard InChI is InChI=1S/C22H38ClNO2/c1-5-6-7-8-9-10-18(24)12-11-17(23)16-26-19-13-14-21(25)20(15-19)22(2,3)4/h13-15,17-18,25H,5-12,16,24H2,1-4H3. The third-order valence-corrected chi connectivity index (χ3v) is 5.08. The van der Waals surface area contributed by atoms with Crippen LogP contribution in [-0.2, 0) is 5.41 Å². The van der Waals surface area contributed by atoms with E-state index in [0.29, 0.717) is 12.4 Å². The third-order valence-electron chi connectivity index (χ3n) is 4.74. The molecular weight excluding hydrogens is 346 g/mol. The van der Waals surface area contributed by atoms with Crippen LogP contribution in [0.15, 0.2) is 18.2 Å². The van der Waals surface area contributed by atoms with Gasteiger partial charge in [-0.15, -0.1) is 11.6 Å². The normalized spacial score (nSPS) is 14.2. The number of alkyl halides is 1. The molecule has 0 saturated carbocycles. The summed E-state index contributed by atoms with van der Waals surface area (Å²) >= 11 is 6.41. The highest BCUT2D eigenvalue weighted by atomic mass is 35.5. The number of phenols is 1. The predicted octanol–water partition coefficient (Wildman–Crippen LogP) is 6.14. The highest BCUT2D eigenvalue weighted by Crippen LogP contribution is 2.33. The van der Waals surface area contributed by atoms with E-state index in [2.05, 4.69) is 27.7 Å². The molecule has 150 valence electrons. The van der Waals surface area contributed by atoms with Crippen molar-refractivity contribution in [3.8, 4) is 11.5 Å². The summed E-state index contributed by atoms with van der Waals surface area (Å²) in [6, 6.07) is 5.61. The molecule has 3 N–H and O–H groups in total. The summed E-state index contributed by atoms with van der Waals surface area (Å²) in [5, 5.41) is 9.97. The Morgan fingerprint density at radius 3 is 2.42 bits per heavy atom. The Kier molecular flexibility index (Phi) is 10.4. The molecule has 0 aliphatic heterocycles. The van der Waals surface area contributed by atoms with Gasteiger partial charge in [0.25, 0.3) is 0 Å². The zero-order valence-corrected chi connectivity index (χ0v) is 17.8. The summed E-state index contributed by atoms with van der Waals surface area (Å²) in [7, 11) is 0. The molecule has 0 radical (unpaired) electrons. The lowest BCUT2D eigenvalue weighted by molar-refractivity contribution is 0.304. The van der Waals surface area contributed by atoms with Crippen molar-refractivity contribution in [2.24, 2.45) is 5.73 Å². The first-order valence-corrected chi connectivity index (χ1v) is 10.5. The van der Waals surface area contributed by atoms with Gasteiger partial charge in [0.2, 0.25) is 0 Å². The quantitative estimate of drug-likeness (QED) is 0.336. The average molecular weight is 384 g/mol. The largest absolute Gasteiger partial charge is 0.508 e. The third kappa shape index (κ3) is 9.14. The molecule has 0 fully saturated rings. The maximum Gasteiger partial charge on any atom is 0.119 e. The molecule has 0 bridgehead atoms. The number of halogens is 1. The molecule has 1 aromatic carbocycles. The van der Waals surface area contributed by atoms with E-state index < -0.39 is 0 Å². The fourth-order valence-electron chi connectivity index (χ4n) is 3.02. The second-order valence-electron chi connectivity index (χ2n) is 8.38. The Bertz CT molecular complexity index is 513. The summed E-state index contributed by atoms with van der Waals surface area (Å²) in [6.07, 6.45) is 9.30. The number of nitrogens with two attached hydrogens (primary N) is 1. The SMILES string of the molecule is CCCCCCCC(N)CCC(Cl)COc1ccc(O)c(C(C)(C)C)c1. The van der Waals surface area contributed by atoms with Crippen LogP contribution in [0.3, 0.4) is 0 Å². The Hall–Kier alpha value is -0.930. The molecule has 4 heteroatoms. The van der Waals surface area contributed by atoms with E-state index in [-0.39, 0.29) is 16.8 Å². The molecule has 2 unspecified atom stereocenters. The summed E-state index contributed by atoms with van der Waals surface area (Å²) in [4.78, 5) is 0. The van der Waals surface area contributed by atoms with Crippen LogP contribution in [0.5, 0.6) is 11.5 Å². The van der Waals surface area contributed by atoms with Crippen LogP contribution < -0.4 is 10.5 Å². The Morgan fingerprint density at radius 2 is 1.77 bits per heavy atom. The lowest BCUT2D eigenvalue weighted by atomic mass is 9.86. The van der Waals surface area contributed by atoms with Crippen molar-refractivity contribution in [3.05, 3.63) is 23.8 Å². The molecule has 0 saturated heterocycles. The van der Waals surface area contributed by atoms with Crippen LogP contribution in [0.25, 0.3) is 0 Å². The van der Waals surface area contributed by atoms with Crippen molar-refractivity contribution in [3.63, 3.8) is 0 Å². The van der Waals surface area contributed by atoms with Crippen molar-refractivity contribution < 1.29 is 9.84 Å². The molecule has 26 heavy (non-hydrogen) atoms. The van der Waals surface area contributed by atoms with Gasteiger partial charge in [0.05, 0.1) is 5.38 Å². The first kappa shape index (κ1) is 23.1. The van der Waals surface area contributed by atoms with E-state index in [1.807, 2.05) is 6.07 Å². The number of hydrogen-bond donors (Lipinski definition) is 2. The van der Waals surface area contributed by atoms with Gasteiger partial charge in [0.1, 0.15) is 18.1 Å². The van der Waals surface area contributed by atoms with Crippen LogP contribution in [-0.4, -0.2) is 23.1 Å². The van der Waals surface area contributed by atoms with E-state index in [1.165, 1.54) is 32.1 Å². The molecule has 1 rings (SSSR count). The minimum absolute atomic E-state index is 0.0481. The maximum atomic E-state index is 10.0. The maximum absolute atomic E-state index is 10.0. The smallest absolute Gasteiger partial charge is 0.119 e. The van der Waals surface area contributed by atoms with Crippen LogP contribution in [0.4, 0.5) is 0 Å². The second kappa shape index (κ2) is 11.7. The van der Waals surface area contributed by atoms with E-state index in [4.69, 9.17) is 22.1 Å². The molecule has 0 spiro atoms. The number of aromatic hydroxyl groups is 1. The summed E-state index contributed by atoms with van der Waals surface area (Å²) < 4.78 is 5.83. The zero-order valence-electron chi connectivity index (χ0n) is 17.1. The van der Waals surface area contributed by atoms with E-state index >= 15 is 0 Å². The minimum Gasteiger partial charge on any atom is -0.508 e. The Balaban J connectivity index is 2.31. The lowest BCUT2D eigenvalue weighted by Crippen LogP contribution is -2.22. The monoisotopic (exact) mass is 383 g/mol. The number of ether oxygens (including phenoxy) is 1. The van der Waals surface area contributed by atoms with Crippen molar-refractivity contribution in [2.45, 2.75) is 95.9 Å². The first-order chi connectivity index (χ1) is 12.2. The topological polar surface area (TPSA) is 55.5 Å². The fourth-order valence-corrected chi connectivity index (χ4v) is 3.21. The Labute approximate surface area is 165 Å². The van der Waals surface area contributed by atoms with Crippen molar-refractivity contribution in [2.75, 3.05) is 6.61 Å². The van der Waals surface area contributed by atoms with E-state index in [1.54, 1.807) is 12.1 Å². The molecule has 1 aromatic rings. The van der Waals surface area contributed by atoms with Crippen LogP contribution in [0.1, 0.15) is 84.6 Å². The zero-order chi connectivity index (χ0) is 19.6. The highest BCUT2D eigenvalue weighted by molar-refractivity contribution is 6.20. The van der Waals surface area contributed by atoms with Gasteiger partial charge < -0.3 is 15.6 Å². The van der Waals surface area contributed by atoms with Gasteiger partial charge in [-0.1, -0.05) is 59.8 Å². The highest BCUT2D eigenvalue weighted by Gasteiger charge is 2.19.